The third kappa shape index (κ3) is 7.14. The predicted octanol–water partition coefficient (Wildman–Crippen LogP) is 4.05. The number of carbonyl (C=O) groups excluding carboxylic acids is 1. The van der Waals surface area contributed by atoms with E-state index in [9.17, 15) is 19.5 Å². The van der Waals surface area contributed by atoms with Crippen molar-refractivity contribution >= 4 is 46.7 Å². The van der Waals surface area contributed by atoms with Crippen LogP contribution in [-0.4, -0.2) is 47.1 Å². The highest BCUT2D eigenvalue weighted by molar-refractivity contribution is 6.31. The number of nitrogen functional groups attached to an aromatic ring is 1. The van der Waals surface area contributed by atoms with Crippen LogP contribution in [0.1, 0.15) is 38.8 Å². The molecule has 198 valence electrons. The van der Waals surface area contributed by atoms with E-state index in [1.165, 1.54) is 18.2 Å². The maximum atomic E-state index is 13.1. The Morgan fingerprint density at radius 3 is 2.32 bits per heavy atom. The predicted molar refractivity (Wildman–Crippen MR) is 142 cm³/mol. The molecule has 1 amide bonds. The second-order valence-electron chi connectivity index (χ2n) is 7.87. The Bertz CT molecular complexity index is 1380. The molecular formula is C26H25ClN4O7. The Morgan fingerprint density at radius 2 is 1.71 bits per heavy atom. The molecule has 7 N–H and O–H groups in total. The molecule has 0 aromatic heterocycles. The molecule has 0 aliphatic carbocycles. The summed E-state index contributed by atoms with van der Waals surface area (Å²) in [5, 5.41) is 32.2. The number of aromatic carboxylic acids is 1. The number of carboxylic acid groups (broad SMARTS) is 2. The van der Waals surface area contributed by atoms with Crippen molar-refractivity contribution < 1.29 is 34.1 Å². The average Bonchev–Trinajstić information content (AvgIpc) is 2.87. The zero-order valence-electron chi connectivity index (χ0n) is 20.2. The lowest BCUT2D eigenvalue weighted by molar-refractivity contribution is -0.139. The van der Waals surface area contributed by atoms with Crippen molar-refractivity contribution in [2.24, 2.45) is 5.73 Å². The van der Waals surface area contributed by atoms with E-state index >= 15 is 0 Å². The highest BCUT2D eigenvalue weighted by Gasteiger charge is 2.19. The number of hydrogen-bond donors (Lipinski definition) is 6. The highest BCUT2D eigenvalue weighted by Crippen LogP contribution is 2.34. The molecule has 0 aliphatic rings. The second kappa shape index (κ2) is 12.5. The van der Waals surface area contributed by atoms with Gasteiger partial charge in [-0.1, -0.05) is 11.6 Å². The van der Waals surface area contributed by atoms with Crippen LogP contribution >= 0.6 is 11.6 Å². The number of ether oxygens (including phenoxy) is 2. The van der Waals surface area contributed by atoms with Crippen LogP contribution in [0, 0.1) is 5.41 Å². The largest absolute Gasteiger partial charge is 0.490 e. The summed E-state index contributed by atoms with van der Waals surface area (Å²) in [6.45, 7) is 1.18. The molecular weight excluding hydrogens is 516 g/mol. The summed E-state index contributed by atoms with van der Waals surface area (Å²) in [6, 6.07) is 13.6. The lowest BCUT2D eigenvalue weighted by Gasteiger charge is -2.18. The first-order chi connectivity index (χ1) is 18.1. The van der Waals surface area contributed by atoms with E-state index in [1.54, 1.807) is 43.3 Å². The van der Waals surface area contributed by atoms with Gasteiger partial charge in [-0.15, -0.1) is 0 Å². The molecule has 3 rings (SSSR count). The number of nitrogens with two attached hydrogens (primary N) is 1. The number of hydrogen-bond acceptors (Lipinski definition) is 7. The minimum absolute atomic E-state index is 0.0363. The summed E-state index contributed by atoms with van der Waals surface area (Å²) in [7, 11) is 0. The zero-order valence-corrected chi connectivity index (χ0v) is 21.0. The van der Waals surface area contributed by atoms with Gasteiger partial charge >= 0.3 is 11.9 Å². The van der Waals surface area contributed by atoms with Crippen LogP contribution in [0.5, 0.6) is 11.5 Å². The molecule has 38 heavy (non-hydrogen) atoms. The summed E-state index contributed by atoms with van der Waals surface area (Å²) in [5.74, 6) is -2.87. The van der Waals surface area contributed by atoms with Crippen molar-refractivity contribution in [3.05, 3.63) is 81.9 Å². The van der Waals surface area contributed by atoms with Crippen LogP contribution < -0.4 is 25.8 Å². The van der Waals surface area contributed by atoms with Crippen molar-refractivity contribution in [1.82, 2.24) is 0 Å². The maximum Gasteiger partial charge on any atom is 0.341 e. The lowest BCUT2D eigenvalue weighted by atomic mass is 10.1. The number of anilines is 2. The van der Waals surface area contributed by atoms with E-state index in [0.29, 0.717) is 27.5 Å². The van der Waals surface area contributed by atoms with E-state index in [4.69, 9.17) is 37.3 Å². The minimum atomic E-state index is -1.22. The number of benzene rings is 3. The molecule has 0 spiro atoms. The minimum Gasteiger partial charge on any atom is -0.490 e. The molecule has 0 bridgehead atoms. The molecule has 3 aromatic rings. The molecule has 0 saturated carbocycles. The van der Waals surface area contributed by atoms with Crippen LogP contribution in [-0.2, 0) is 11.3 Å². The van der Waals surface area contributed by atoms with Crippen LogP contribution in [0.2, 0.25) is 5.02 Å². The van der Waals surface area contributed by atoms with Crippen molar-refractivity contribution in [3.8, 4) is 11.5 Å². The molecule has 0 unspecified atom stereocenters. The Kier molecular flexibility index (Phi) is 9.12. The van der Waals surface area contributed by atoms with Crippen LogP contribution in [0.25, 0.3) is 0 Å². The summed E-state index contributed by atoms with van der Waals surface area (Å²) >= 11 is 6.14. The van der Waals surface area contributed by atoms with Gasteiger partial charge in [-0.25, -0.2) is 9.59 Å². The van der Waals surface area contributed by atoms with Crippen molar-refractivity contribution in [2.45, 2.75) is 13.5 Å². The number of rotatable bonds is 12. The SMILES string of the molecule is CCOc1cc(C(=O)O)cc(CNc2ccc(Cl)cc2C(=O)Nc2ccc(C(=N)N)cc2)c1OCC(=O)O. The lowest BCUT2D eigenvalue weighted by Crippen LogP contribution is -2.16. The number of amidine groups is 1. The van der Waals surface area contributed by atoms with Crippen LogP contribution in [0.15, 0.2) is 54.6 Å². The average molecular weight is 541 g/mol. The fraction of sp³-hybridized carbons (Fsp3) is 0.154. The Labute approximate surface area is 222 Å². The molecule has 3 aromatic carbocycles. The van der Waals surface area contributed by atoms with Gasteiger partial charge in [-0.05, 0) is 61.5 Å². The van der Waals surface area contributed by atoms with E-state index in [0.717, 1.165) is 0 Å². The first-order valence-corrected chi connectivity index (χ1v) is 11.6. The smallest absolute Gasteiger partial charge is 0.341 e. The Morgan fingerprint density at radius 1 is 1.00 bits per heavy atom. The van der Waals surface area contributed by atoms with Gasteiger partial charge in [-0.2, -0.15) is 0 Å². The van der Waals surface area contributed by atoms with E-state index in [-0.39, 0.29) is 41.6 Å². The number of amides is 1. The van der Waals surface area contributed by atoms with Gasteiger partial charge in [-0.3, -0.25) is 10.2 Å². The Balaban J connectivity index is 1.91. The van der Waals surface area contributed by atoms with Crippen molar-refractivity contribution in [1.29, 1.82) is 5.41 Å². The third-order valence-electron chi connectivity index (χ3n) is 5.17. The standard InChI is InChI=1S/C26H25ClN4O7/c1-2-37-21-10-15(26(35)36)9-16(23(21)38-13-22(32)33)12-30-20-8-5-17(27)11-19(20)25(34)31-18-6-3-14(4-7-18)24(28)29/h3-11,30H,2,12-13H2,1H3,(H3,28,29)(H,31,34)(H,32,33)(H,35,36). The van der Waals surface area contributed by atoms with Gasteiger partial charge < -0.3 is 36.1 Å². The van der Waals surface area contributed by atoms with Gasteiger partial charge in [0.15, 0.2) is 18.1 Å². The molecule has 12 heteroatoms. The maximum absolute atomic E-state index is 13.1. The van der Waals surface area contributed by atoms with Gasteiger partial charge in [0, 0.05) is 34.1 Å². The molecule has 0 fully saturated rings. The van der Waals surface area contributed by atoms with Gasteiger partial charge in [0.2, 0.25) is 0 Å². The quantitative estimate of drug-likeness (QED) is 0.146. The number of nitrogens with one attached hydrogen (secondary N) is 3. The first-order valence-electron chi connectivity index (χ1n) is 11.3. The van der Waals surface area contributed by atoms with Crippen molar-refractivity contribution in [2.75, 3.05) is 23.8 Å². The first kappa shape index (κ1) is 27.8. The van der Waals surface area contributed by atoms with Crippen LogP contribution in [0.4, 0.5) is 11.4 Å². The fourth-order valence-electron chi connectivity index (χ4n) is 3.46. The normalized spacial score (nSPS) is 10.4. The number of aliphatic carboxylic acids is 1. The summed E-state index contributed by atoms with van der Waals surface area (Å²) in [4.78, 5) is 35.9. The molecule has 11 nitrogen and oxygen atoms in total. The van der Waals surface area contributed by atoms with E-state index in [2.05, 4.69) is 10.6 Å². The van der Waals surface area contributed by atoms with E-state index < -0.39 is 24.5 Å². The number of carboxylic acids is 2. The topological polar surface area (TPSA) is 184 Å². The van der Waals surface area contributed by atoms with Gasteiger partial charge in [0.05, 0.1) is 17.7 Å². The zero-order chi connectivity index (χ0) is 27.8. The molecule has 0 saturated heterocycles. The molecule has 0 aliphatic heterocycles. The van der Waals surface area contributed by atoms with Crippen molar-refractivity contribution in [3.63, 3.8) is 0 Å². The van der Waals surface area contributed by atoms with Crippen LogP contribution in [0.3, 0.4) is 0 Å². The summed E-state index contributed by atoms with van der Waals surface area (Å²) < 4.78 is 10.9. The van der Waals surface area contributed by atoms with E-state index in [1.807, 2.05) is 0 Å². The van der Waals surface area contributed by atoms with Gasteiger partial charge in [0.25, 0.3) is 5.91 Å². The molecule has 0 radical (unpaired) electrons. The second-order valence-corrected chi connectivity index (χ2v) is 8.31. The summed E-state index contributed by atoms with van der Waals surface area (Å²) in [5.41, 5.74) is 7.21. The fourth-order valence-corrected chi connectivity index (χ4v) is 3.63. The third-order valence-corrected chi connectivity index (χ3v) is 5.40. The Hall–Kier alpha value is -4.77. The highest BCUT2D eigenvalue weighted by atomic mass is 35.5. The molecule has 0 atom stereocenters. The summed E-state index contributed by atoms with van der Waals surface area (Å²) in [6.07, 6.45) is 0. The monoisotopic (exact) mass is 540 g/mol. The molecule has 0 heterocycles. The number of halogens is 1. The number of carbonyl (C=O) groups is 3. The van der Waals surface area contributed by atoms with Gasteiger partial charge in [0.1, 0.15) is 5.84 Å².